The lowest BCUT2D eigenvalue weighted by Gasteiger charge is -2.38. The number of aliphatic hydroxyl groups excluding tert-OH is 1. The molecule has 0 aromatic heterocycles. The smallest absolute Gasteiger partial charge is 0.165 e. The highest BCUT2D eigenvalue weighted by Crippen LogP contribution is 2.49. The minimum absolute atomic E-state index is 0.0233. The summed E-state index contributed by atoms with van der Waals surface area (Å²) in [5.41, 5.74) is 5.41. The number of benzene rings is 2. The van der Waals surface area contributed by atoms with E-state index in [-0.39, 0.29) is 17.6 Å². The number of aliphatic hydroxyl groups is 1. The molecule has 2 aromatic rings. The number of carbonyl (C=O) groups is 1. The molecular formula is C27H29NO3. The van der Waals surface area contributed by atoms with Crippen molar-refractivity contribution in [2.75, 3.05) is 6.54 Å². The van der Waals surface area contributed by atoms with Crippen molar-refractivity contribution in [1.29, 1.82) is 0 Å². The first-order valence-electron chi connectivity index (χ1n) is 11.4. The minimum Gasteiger partial charge on any atom is -0.507 e. The average molecular weight is 416 g/mol. The van der Waals surface area contributed by atoms with Crippen molar-refractivity contribution in [3.8, 4) is 5.75 Å². The first-order valence-corrected chi connectivity index (χ1v) is 11.4. The number of aryl methyl sites for hydroxylation is 1. The molecule has 4 heteroatoms. The second-order valence-corrected chi connectivity index (χ2v) is 8.90. The van der Waals surface area contributed by atoms with E-state index in [1.54, 1.807) is 0 Å². The zero-order chi connectivity index (χ0) is 21.4. The summed E-state index contributed by atoms with van der Waals surface area (Å²) in [6.45, 7) is 3.06. The number of rotatable bonds is 6. The van der Waals surface area contributed by atoms with Crippen LogP contribution in [0.4, 0.5) is 0 Å². The summed E-state index contributed by atoms with van der Waals surface area (Å²) in [6, 6.07) is 17.1. The van der Waals surface area contributed by atoms with Crippen molar-refractivity contribution in [2.24, 2.45) is 0 Å². The molecule has 1 N–H and O–H groups in total. The number of allylic oxidation sites excluding steroid dienone is 3. The van der Waals surface area contributed by atoms with E-state index in [9.17, 15) is 9.90 Å². The van der Waals surface area contributed by atoms with Crippen LogP contribution in [0.15, 0.2) is 66.1 Å². The third kappa shape index (κ3) is 3.87. The van der Waals surface area contributed by atoms with E-state index in [2.05, 4.69) is 54.3 Å². The van der Waals surface area contributed by atoms with Crippen LogP contribution in [0, 0.1) is 0 Å². The quantitative estimate of drug-likeness (QED) is 0.652. The summed E-state index contributed by atoms with van der Waals surface area (Å²) < 4.78 is 6.26. The molecule has 31 heavy (non-hydrogen) atoms. The molecule has 0 bridgehead atoms. The molecule has 1 fully saturated rings. The van der Waals surface area contributed by atoms with Gasteiger partial charge in [0.15, 0.2) is 5.78 Å². The molecule has 0 spiro atoms. The second kappa shape index (κ2) is 8.26. The maximum Gasteiger partial charge on any atom is 0.165 e. The lowest BCUT2D eigenvalue weighted by atomic mass is 9.84. The van der Waals surface area contributed by atoms with E-state index >= 15 is 0 Å². The Hall–Kier alpha value is -3.01. The third-order valence-corrected chi connectivity index (χ3v) is 6.69. The fraction of sp³-hybridized carbons (Fsp3) is 0.370. The van der Waals surface area contributed by atoms with Crippen molar-refractivity contribution in [3.05, 3.63) is 82.8 Å². The maximum atomic E-state index is 12.1. The van der Waals surface area contributed by atoms with Gasteiger partial charge in [-0.1, -0.05) is 36.4 Å². The van der Waals surface area contributed by atoms with Gasteiger partial charge in [-0.25, -0.2) is 0 Å². The van der Waals surface area contributed by atoms with E-state index in [4.69, 9.17) is 4.74 Å². The molecule has 160 valence electrons. The highest BCUT2D eigenvalue weighted by Gasteiger charge is 2.39. The fourth-order valence-electron chi connectivity index (χ4n) is 5.27. The van der Waals surface area contributed by atoms with Gasteiger partial charge >= 0.3 is 0 Å². The van der Waals surface area contributed by atoms with Gasteiger partial charge in [0.05, 0.1) is 18.6 Å². The molecule has 3 aliphatic rings. The summed E-state index contributed by atoms with van der Waals surface area (Å²) in [5.74, 6) is 0.893. The Morgan fingerprint density at radius 2 is 2.03 bits per heavy atom. The molecule has 2 aromatic carbocycles. The molecular weight excluding hydrogens is 386 g/mol. The van der Waals surface area contributed by atoms with Crippen LogP contribution in [-0.2, 0) is 11.2 Å². The van der Waals surface area contributed by atoms with Gasteiger partial charge in [-0.3, -0.25) is 4.79 Å². The number of carbonyl (C=O) groups excluding carboxylic acids is 1. The van der Waals surface area contributed by atoms with Gasteiger partial charge in [-0.2, -0.15) is 0 Å². The normalized spacial score (nSPS) is 20.7. The van der Waals surface area contributed by atoms with Crippen molar-refractivity contribution in [2.45, 2.75) is 57.6 Å². The number of nitrogens with zero attached hydrogens (tertiary/aromatic N) is 1. The van der Waals surface area contributed by atoms with Gasteiger partial charge in [-0.15, -0.1) is 0 Å². The summed E-state index contributed by atoms with van der Waals surface area (Å²) in [6.07, 6.45) is 7.16. The fourth-order valence-corrected chi connectivity index (χ4v) is 5.27. The Balaban J connectivity index is 1.34. The molecule has 2 heterocycles. The summed E-state index contributed by atoms with van der Waals surface area (Å²) in [5, 5.41) is 10.7. The third-order valence-electron chi connectivity index (χ3n) is 6.69. The van der Waals surface area contributed by atoms with E-state index in [1.807, 2.05) is 6.07 Å². The minimum atomic E-state index is -0.0233. The van der Waals surface area contributed by atoms with Crippen LogP contribution in [0.2, 0.25) is 0 Å². The molecule has 2 atom stereocenters. The highest BCUT2D eigenvalue weighted by molar-refractivity contribution is 6.01. The summed E-state index contributed by atoms with van der Waals surface area (Å²) in [4.78, 5) is 14.4. The predicted octanol–water partition coefficient (Wildman–Crippen LogP) is 5.75. The van der Waals surface area contributed by atoms with Gasteiger partial charge in [-0.05, 0) is 67.9 Å². The molecule has 0 saturated carbocycles. The van der Waals surface area contributed by atoms with Crippen LogP contribution in [-0.4, -0.2) is 28.4 Å². The summed E-state index contributed by atoms with van der Waals surface area (Å²) >= 11 is 0. The van der Waals surface area contributed by atoms with Gasteiger partial charge in [0.1, 0.15) is 11.5 Å². The van der Waals surface area contributed by atoms with Crippen LogP contribution < -0.4 is 4.74 Å². The Morgan fingerprint density at radius 1 is 1.19 bits per heavy atom. The Bertz CT molecular complexity index is 1050. The largest absolute Gasteiger partial charge is 0.507 e. The molecule has 1 aliphatic carbocycles. The molecule has 1 saturated heterocycles. The van der Waals surface area contributed by atoms with E-state index < -0.39 is 0 Å². The maximum absolute atomic E-state index is 12.1. The van der Waals surface area contributed by atoms with E-state index in [0.717, 1.165) is 61.2 Å². The van der Waals surface area contributed by atoms with Gasteiger partial charge in [0.2, 0.25) is 0 Å². The first kappa shape index (κ1) is 19.9. The Kier molecular flexibility index (Phi) is 5.31. The number of fused-ring (bicyclic) bond motifs is 5. The van der Waals surface area contributed by atoms with E-state index in [0.29, 0.717) is 12.5 Å². The molecule has 5 rings (SSSR count). The van der Waals surface area contributed by atoms with Crippen LogP contribution in [0.3, 0.4) is 0 Å². The van der Waals surface area contributed by atoms with Crippen molar-refractivity contribution in [1.82, 2.24) is 4.90 Å². The van der Waals surface area contributed by atoms with Gasteiger partial charge in [0.25, 0.3) is 0 Å². The SMILES string of the molecule is C[C@@H](CCCc1ccccc1)Oc1ccc2c(c1)C1=C(CC(=O)C=C1O)N1CCCC21. The van der Waals surface area contributed by atoms with E-state index in [1.165, 1.54) is 17.2 Å². The van der Waals surface area contributed by atoms with Crippen LogP contribution in [0.1, 0.15) is 61.8 Å². The van der Waals surface area contributed by atoms with Crippen molar-refractivity contribution in [3.63, 3.8) is 0 Å². The zero-order valence-electron chi connectivity index (χ0n) is 18.0. The predicted molar refractivity (Wildman–Crippen MR) is 122 cm³/mol. The van der Waals surface area contributed by atoms with Crippen LogP contribution >= 0.6 is 0 Å². The van der Waals surface area contributed by atoms with Crippen molar-refractivity contribution >= 4 is 11.4 Å². The number of ketones is 1. The average Bonchev–Trinajstić information content (AvgIpc) is 3.24. The number of hydrogen-bond donors (Lipinski definition) is 1. The lowest BCUT2D eigenvalue weighted by Crippen LogP contribution is -2.31. The zero-order valence-corrected chi connectivity index (χ0v) is 18.0. The topological polar surface area (TPSA) is 49.8 Å². The summed E-state index contributed by atoms with van der Waals surface area (Å²) in [7, 11) is 0. The number of ether oxygens (including phenoxy) is 1. The molecule has 0 amide bonds. The Morgan fingerprint density at radius 3 is 2.87 bits per heavy atom. The van der Waals surface area contributed by atoms with Crippen LogP contribution in [0.25, 0.3) is 5.57 Å². The second-order valence-electron chi connectivity index (χ2n) is 8.90. The van der Waals surface area contributed by atoms with Gasteiger partial charge in [0, 0.05) is 23.9 Å². The van der Waals surface area contributed by atoms with Crippen LogP contribution in [0.5, 0.6) is 5.75 Å². The molecule has 2 aliphatic heterocycles. The first-order chi connectivity index (χ1) is 15.1. The monoisotopic (exact) mass is 415 g/mol. The molecule has 1 unspecified atom stereocenters. The molecule has 0 radical (unpaired) electrons. The Labute approximate surface area is 183 Å². The molecule has 4 nitrogen and oxygen atoms in total. The van der Waals surface area contributed by atoms with Gasteiger partial charge < -0.3 is 14.7 Å². The number of hydrogen-bond acceptors (Lipinski definition) is 4. The highest BCUT2D eigenvalue weighted by atomic mass is 16.5. The van der Waals surface area contributed by atoms with Crippen molar-refractivity contribution < 1.29 is 14.6 Å². The lowest BCUT2D eigenvalue weighted by molar-refractivity contribution is -0.114. The standard InChI is InChI=1S/C27H29NO3/c1-18(7-5-10-19-8-3-2-4-9-19)31-21-12-13-22-23(17-21)27-25(15-20(29)16-26(27)30)28-14-6-11-24(22)28/h2-4,8-9,12-13,16-18,24,30H,5-7,10-11,14-15H2,1H3/t18-,24?/m0/s1.